The van der Waals surface area contributed by atoms with Crippen LogP contribution in [0.15, 0.2) is 102 Å². The van der Waals surface area contributed by atoms with E-state index >= 15 is 0 Å². The van der Waals surface area contributed by atoms with E-state index in [-0.39, 0.29) is 63.0 Å². The fourth-order valence-corrected chi connectivity index (χ4v) is 9.29. The van der Waals surface area contributed by atoms with Crippen LogP contribution in [0.4, 0.5) is 9.18 Å². The van der Waals surface area contributed by atoms with Gasteiger partial charge in [0.2, 0.25) is 5.79 Å². The van der Waals surface area contributed by atoms with Gasteiger partial charge in [0.1, 0.15) is 36.6 Å². The molecule has 2 aliphatic carbocycles. The fraction of sp³-hybridized carbons (Fsp3) is 0.489. The van der Waals surface area contributed by atoms with Gasteiger partial charge >= 0.3 is 6.09 Å². The first-order valence-electron chi connectivity index (χ1n) is 21.1. The predicted octanol–water partition coefficient (Wildman–Crippen LogP) is 7.62. The summed E-state index contributed by atoms with van der Waals surface area (Å²) >= 11 is 0. The zero-order valence-electron chi connectivity index (χ0n) is 34.1. The highest BCUT2D eigenvalue weighted by molar-refractivity contribution is 6.03. The number of carbonyl (C=O) groups is 1. The molecule has 3 aromatic carbocycles. The highest BCUT2D eigenvalue weighted by Crippen LogP contribution is 2.62. The van der Waals surface area contributed by atoms with E-state index in [0.29, 0.717) is 36.5 Å². The number of aliphatic hydroxyl groups is 2. The molecule has 2 aliphatic heterocycles. The van der Waals surface area contributed by atoms with Crippen molar-refractivity contribution in [3.05, 3.63) is 120 Å². The Labute approximate surface area is 347 Å². The van der Waals surface area contributed by atoms with Crippen LogP contribution >= 0.6 is 0 Å². The number of benzene rings is 3. The van der Waals surface area contributed by atoms with E-state index < -0.39 is 23.8 Å². The standard InChI is InChI=1S/C47H58FN3O8/c1-3-26-57-47-43(51(46(54)55-2)31-33-15-17-36(48)18-16-33)30-41(49-58-32-34-11-5-4-6-12-34)39-28-35(13-7-9-24-52)38(14-8-10-25-53)44(45(39)47)40-29-37(19-20-42(40)59-47)56-27-23-50-21-22-50/h3-6,11-12,15-20,28-29,35,38,43-45,52-53H,1,7-10,13-14,21-27,30-32H2,2H3/t35-,38+,43-,44+,45+,47+/m0/s1. The van der Waals surface area contributed by atoms with Crippen molar-refractivity contribution >= 4 is 11.8 Å². The van der Waals surface area contributed by atoms with Crippen molar-refractivity contribution < 1.29 is 43.2 Å². The van der Waals surface area contributed by atoms with Crippen LogP contribution < -0.4 is 9.47 Å². The smallest absolute Gasteiger partial charge is 0.410 e. The maximum absolute atomic E-state index is 14.2. The highest BCUT2D eigenvalue weighted by Gasteiger charge is 2.65. The maximum atomic E-state index is 14.2. The molecule has 1 saturated carbocycles. The van der Waals surface area contributed by atoms with E-state index in [1.807, 2.05) is 42.5 Å². The van der Waals surface area contributed by atoms with Crippen LogP contribution in [0.25, 0.3) is 0 Å². The van der Waals surface area contributed by atoms with E-state index in [4.69, 9.17) is 28.9 Å². The van der Waals surface area contributed by atoms with Gasteiger partial charge < -0.3 is 34.0 Å². The summed E-state index contributed by atoms with van der Waals surface area (Å²) in [6.07, 6.45) is 8.21. The maximum Gasteiger partial charge on any atom is 0.410 e. The first-order valence-corrected chi connectivity index (χ1v) is 21.1. The predicted molar refractivity (Wildman–Crippen MR) is 222 cm³/mol. The molecule has 0 aromatic heterocycles. The van der Waals surface area contributed by atoms with Crippen LogP contribution in [-0.4, -0.2) is 96.8 Å². The number of unbranched alkanes of at least 4 members (excludes halogenated alkanes) is 2. The zero-order valence-corrected chi connectivity index (χ0v) is 34.1. The van der Waals surface area contributed by atoms with Crippen molar-refractivity contribution in [3.8, 4) is 11.5 Å². The Hall–Kier alpha value is -4.75. The number of amides is 1. The average molecular weight is 812 g/mol. The quantitative estimate of drug-likeness (QED) is 0.0485. The van der Waals surface area contributed by atoms with Gasteiger partial charge in [0.05, 0.1) is 25.3 Å². The van der Waals surface area contributed by atoms with Crippen molar-refractivity contribution in [3.63, 3.8) is 0 Å². The number of oxime groups is 1. The normalized spacial score (nSPS) is 24.9. The molecule has 2 N–H and O–H groups in total. The Morgan fingerprint density at radius 1 is 1.02 bits per heavy atom. The topological polar surface area (TPSA) is 122 Å². The number of fused-ring (bicyclic) bond motifs is 2. The summed E-state index contributed by atoms with van der Waals surface area (Å²) in [6.45, 7) is 8.24. The van der Waals surface area contributed by atoms with E-state index in [1.54, 1.807) is 23.1 Å². The molecule has 1 saturated heterocycles. The molecule has 3 aromatic rings. The summed E-state index contributed by atoms with van der Waals surface area (Å²) in [4.78, 5) is 24.3. The van der Waals surface area contributed by atoms with Gasteiger partial charge in [-0.2, -0.15) is 0 Å². The number of hydrogen-bond acceptors (Lipinski definition) is 10. The second kappa shape index (κ2) is 20.0. The van der Waals surface area contributed by atoms with Gasteiger partial charge in [-0.15, -0.1) is 6.58 Å². The Kier molecular flexibility index (Phi) is 14.4. The first-order chi connectivity index (χ1) is 28.9. The van der Waals surface area contributed by atoms with Crippen LogP contribution in [0.1, 0.15) is 67.6 Å². The van der Waals surface area contributed by atoms with Crippen LogP contribution in [0.3, 0.4) is 0 Å². The van der Waals surface area contributed by atoms with Gasteiger partial charge in [-0.25, -0.2) is 9.18 Å². The van der Waals surface area contributed by atoms with Gasteiger partial charge in [-0.3, -0.25) is 9.80 Å². The van der Waals surface area contributed by atoms with Crippen molar-refractivity contribution in [2.45, 2.75) is 75.8 Å². The van der Waals surface area contributed by atoms with E-state index in [2.05, 4.69) is 23.6 Å². The van der Waals surface area contributed by atoms with E-state index in [1.165, 1.54) is 19.2 Å². The molecule has 59 heavy (non-hydrogen) atoms. The molecule has 0 spiro atoms. The molecule has 4 aliphatic rings. The minimum absolute atomic E-state index is 0.0603. The fourth-order valence-electron chi connectivity index (χ4n) is 9.29. The molecule has 316 valence electrons. The van der Waals surface area contributed by atoms with E-state index in [9.17, 15) is 19.4 Å². The third-order valence-corrected chi connectivity index (χ3v) is 12.2. The van der Waals surface area contributed by atoms with Gasteiger partial charge in [0.25, 0.3) is 0 Å². The molecule has 0 bridgehead atoms. The van der Waals surface area contributed by atoms with Crippen molar-refractivity contribution in [1.29, 1.82) is 0 Å². The second-order valence-corrected chi connectivity index (χ2v) is 15.9. The molecule has 1 amide bonds. The molecule has 2 fully saturated rings. The number of ether oxygens (including phenoxy) is 4. The number of halogens is 1. The minimum Gasteiger partial charge on any atom is -0.492 e. The van der Waals surface area contributed by atoms with Crippen molar-refractivity contribution in [2.24, 2.45) is 22.9 Å². The van der Waals surface area contributed by atoms with Crippen molar-refractivity contribution in [1.82, 2.24) is 9.80 Å². The first kappa shape index (κ1) is 42.4. The minimum atomic E-state index is -1.46. The lowest BCUT2D eigenvalue weighted by Gasteiger charge is -2.59. The number of carbonyl (C=O) groups excluding carboxylic acids is 1. The number of allylic oxidation sites excluding steroid dienone is 1. The van der Waals surface area contributed by atoms with Gasteiger partial charge in [0.15, 0.2) is 0 Å². The molecule has 12 heteroatoms. The number of rotatable bonds is 21. The molecule has 7 rings (SSSR count). The van der Waals surface area contributed by atoms with Gasteiger partial charge in [-0.05, 0) is 84.6 Å². The summed E-state index contributed by atoms with van der Waals surface area (Å²) in [7, 11) is 1.35. The number of aliphatic hydroxyl groups excluding tert-OH is 2. The van der Waals surface area contributed by atoms with E-state index in [0.717, 1.165) is 67.8 Å². The molecule has 0 radical (unpaired) electrons. The monoisotopic (exact) mass is 811 g/mol. The van der Waals surface area contributed by atoms with Gasteiger partial charge in [-0.1, -0.05) is 72.6 Å². The lowest BCUT2D eigenvalue weighted by molar-refractivity contribution is -0.256. The summed E-state index contributed by atoms with van der Waals surface area (Å²) in [5, 5.41) is 24.7. The highest BCUT2D eigenvalue weighted by atomic mass is 19.1. The number of nitrogens with zero attached hydrogens (tertiary/aromatic N) is 3. The Morgan fingerprint density at radius 3 is 2.49 bits per heavy atom. The second-order valence-electron chi connectivity index (χ2n) is 15.9. The molecule has 2 heterocycles. The van der Waals surface area contributed by atoms with Crippen LogP contribution in [0.5, 0.6) is 11.5 Å². The summed E-state index contributed by atoms with van der Waals surface area (Å²) < 4.78 is 40.3. The SMILES string of the molecule is C=CCO[C@@]12Oc3ccc(OCCN4CC4)cc3[C@H]3[C@H](CCCCO)[C@@H](CCCCO)C=C(C(=NOCc4ccccc4)C[C@@H]1N(Cc1ccc(F)cc1)C(=O)OC)[C@H]32. The third kappa shape index (κ3) is 9.84. The van der Waals surface area contributed by atoms with Crippen LogP contribution in [0.2, 0.25) is 0 Å². The molecular weight excluding hydrogens is 754 g/mol. The third-order valence-electron chi connectivity index (χ3n) is 12.2. The summed E-state index contributed by atoms with van der Waals surface area (Å²) in [5.41, 5.74) is 4.24. The van der Waals surface area contributed by atoms with Gasteiger partial charge in [0, 0.05) is 57.3 Å². The molecule has 11 nitrogen and oxygen atoms in total. The Morgan fingerprint density at radius 2 is 1.78 bits per heavy atom. The van der Waals surface area contributed by atoms with Crippen LogP contribution in [-0.2, 0) is 27.5 Å². The Balaban J connectivity index is 1.42. The van der Waals surface area contributed by atoms with Crippen molar-refractivity contribution in [2.75, 3.05) is 53.2 Å². The summed E-state index contributed by atoms with van der Waals surface area (Å²) in [5.74, 6) is -1.02. The average Bonchev–Trinajstić information content (AvgIpc) is 4.09. The molecular formula is C47H58FN3O8. The molecule has 0 unspecified atom stereocenters. The number of hydrogen-bond donors (Lipinski definition) is 2. The molecule has 6 atom stereocenters. The lowest BCUT2D eigenvalue weighted by Crippen LogP contribution is -2.70. The van der Waals surface area contributed by atoms with Crippen LogP contribution in [0, 0.1) is 23.6 Å². The summed E-state index contributed by atoms with van der Waals surface area (Å²) in [6, 6.07) is 21.1. The number of methoxy groups -OCH3 is 1. The largest absolute Gasteiger partial charge is 0.492 e. The Bertz CT molecular complexity index is 1920. The lowest BCUT2D eigenvalue weighted by atomic mass is 9.55. The zero-order chi connectivity index (χ0) is 41.2.